The van der Waals surface area contributed by atoms with E-state index >= 15 is 0 Å². The van der Waals surface area contributed by atoms with Crippen LogP contribution in [0, 0.1) is 0 Å². The number of ether oxygens (including phenoxy) is 1. The maximum absolute atomic E-state index is 5.58. The summed E-state index contributed by atoms with van der Waals surface area (Å²) in [5.74, 6) is 0. The maximum atomic E-state index is 5.58. The summed E-state index contributed by atoms with van der Waals surface area (Å²) in [5.41, 5.74) is 0. The van der Waals surface area contributed by atoms with Crippen LogP contribution in [0.15, 0.2) is 0 Å². The molecule has 0 aromatic carbocycles. The van der Waals surface area contributed by atoms with Crippen LogP contribution in [0.5, 0.6) is 0 Å². The van der Waals surface area contributed by atoms with E-state index in [9.17, 15) is 0 Å². The predicted octanol–water partition coefficient (Wildman–Crippen LogP) is 3.06. The van der Waals surface area contributed by atoms with Crippen molar-refractivity contribution in [1.82, 2.24) is 4.90 Å². The molecule has 0 spiro atoms. The minimum Gasteiger partial charge on any atom is -0.379 e. The quantitative estimate of drug-likeness (QED) is 0.651. The van der Waals surface area contributed by atoms with Crippen molar-refractivity contribution in [3.05, 3.63) is 0 Å². The predicted molar refractivity (Wildman–Crippen MR) is 65.2 cm³/mol. The van der Waals surface area contributed by atoms with Gasteiger partial charge in [-0.15, -0.1) is 0 Å². The molecule has 90 valence electrons. The van der Waals surface area contributed by atoms with Crippen molar-refractivity contribution in [2.75, 3.05) is 13.2 Å². The summed E-state index contributed by atoms with van der Waals surface area (Å²) in [7, 11) is 0. The van der Waals surface area contributed by atoms with Crippen LogP contribution in [0.25, 0.3) is 0 Å². The van der Waals surface area contributed by atoms with Crippen LogP contribution in [-0.2, 0) is 4.74 Å². The van der Waals surface area contributed by atoms with Gasteiger partial charge in [0.2, 0.25) is 0 Å². The second-order valence-corrected chi connectivity index (χ2v) is 5.14. The van der Waals surface area contributed by atoms with Crippen molar-refractivity contribution in [2.24, 2.45) is 0 Å². The Balaban J connectivity index is 2.17. The fraction of sp³-hybridized carbons (Fsp3) is 1.00. The molecule has 0 N–H and O–H groups in total. The molecule has 1 rings (SSSR count). The summed E-state index contributed by atoms with van der Waals surface area (Å²) in [6, 6.07) is 1.54. The largest absolute Gasteiger partial charge is 0.379 e. The Morgan fingerprint density at radius 1 is 1.20 bits per heavy atom. The lowest BCUT2D eigenvalue weighted by Crippen LogP contribution is -2.44. The Hall–Kier alpha value is -0.0800. The van der Waals surface area contributed by atoms with E-state index in [4.69, 9.17) is 4.74 Å². The lowest BCUT2D eigenvalue weighted by atomic mass is 9.97. The standard InChI is InChI=1S/C13H27NO/c1-11(2)15-10-6-9-14-12(3)7-5-8-13(14)4/h11-13H,5-10H2,1-4H3/t12-,13+. The van der Waals surface area contributed by atoms with E-state index in [-0.39, 0.29) is 0 Å². The van der Waals surface area contributed by atoms with E-state index in [2.05, 4.69) is 32.6 Å². The Bertz CT molecular complexity index is 160. The SMILES string of the molecule is CC(C)OCCCN1[C@H](C)CCC[C@@H]1C. The molecule has 0 unspecified atom stereocenters. The fourth-order valence-electron chi connectivity index (χ4n) is 2.48. The van der Waals surface area contributed by atoms with E-state index in [1.165, 1.54) is 32.2 Å². The van der Waals surface area contributed by atoms with Crippen LogP contribution in [0.2, 0.25) is 0 Å². The molecule has 0 bridgehead atoms. The number of likely N-dealkylation sites (tertiary alicyclic amines) is 1. The van der Waals surface area contributed by atoms with Crippen LogP contribution in [0.3, 0.4) is 0 Å². The zero-order valence-corrected chi connectivity index (χ0v) is 10.8. The third-order valence-electron chi connectivity index (χ3n) is 3.39. The average molecular weight is 213 g/mol. The average Bonchev–Trinajstić information content (AvgIpc) is 2.15. The lowest BCUT2D eigenvalue weighted by Gasteiger charge is -2.39. The molecule has 0 amide bonds. The molecule has 0 saturated carbocycles. The smallest absolute Gasteiger partial charge is 0.0518 e. The van der Waals surface area contributed by atoms with Crippen LogP contribution in [0.4, 0.5) is 0 Å². The van der Waals surface area contributed by atoms with E-state index in [1.807, 2.05) is 0 Å². The lowest BCUT2D eigenvalue weighted by molar-refractivity contribution is 0.0520. The molecule has 2 atom stereocenters. The fourth-order valence-corrected chi connectivity index (χ4v) is 2.48. The Morgan fingerprint density at radius 3 is 2.33 bits per heavy atom. The molecular weight excluding hydrogens is 186 g/mol. The summed E-state index contributed by atoms with van der Waals surface area (Å²) in [4.78, 5) is 2.65. The summed E-state index contributed by atoms with van der Waals surface area (Å²) in [6.07, 6.45) is 5.69. The van der Waals surface area contributed by atoms with E-state index < -0.39 is 0 Å². The number of hydrogen-bond acceptors (Lipinski definition) is 2. The molecule has 1 aliphatic heterocycles. The van der Waals surface area contributed by atoms with Crippen molar-refractivity contribution >= 4 is 0 Å². The molecule has 0 radical (unpaired) electrons. The summed E-state index contributed by atoms with van der Waals surface area (Å²) in [5, 5.41) is 0. The molecule has 15 heavy (non-hydrogen) atoms. The topological polar surface area (TPSA) is 12.5 Å². The summed E-state index contributed by atoms with van der Waals surface area (Å²) < 4.78 is 5.58. The molecule has 2 heteroatoms. The third-order valence-corrected chi connectivity index (χ3v) is 3.39. The normalized spacial score (nSPS) is 28.6. The van der Waals surface area contributed by atoms with E-state index in [1.54, 1.807) is 0 Å². The van der Waals surface area contributed by atoms with Gasteiger partial charge in [-0.2, -0.15) is 0 Å². The van der Waals surface area contributed by atoms with Gasteiger partial charge in [0.25, 0.3) is 0 Å². The van der Waals surface area contributed by atoms with Crippen LogP contribution >= 0.6 is 0 Å². The molecule has 1 saturated heterocycles. The molecule has 1 aliphatic rings. The number of hydrogen-bond donors (Lipinski definition) is 0. The van der Waals surface area contributed by atoms with Crippen LogP contribution < -0.4 is 0 Å². The van der Waals surface area contributed by atoms with Gasteiger partial charge in [0.1, 0.15) is 0 Å². The summed E-state index contributed by atoms with van der Waals surface area (Å²) >= 11 is 0. The van der Waals surface area contributed by atoms with Gasteiger partial charge < -0.3 is 4.74 Å². The van der Waals surface area contributed by atoms with E-state index in [0.717, 1.165) is 18.7 Å². The third kappa shape index (κ3) is 4.52. The van der Waals surface area contributed by atoms with Gasteiger partial charge in [-0.25, -0.2) is 0 Å². The first-order valence-corrected chi connectivity index (χ1v) is 6.48. The van der Waals surface area contributed by atoms with Crippen LogP contribution in [-0.4, -0.2) is 36.2 Å². The number of rotatable bonds is 5. The molecular formula is C13H27NO. The number of piperidine rings is 1. The first-order chi connectivity index (χ1) is 7.11. The molecule has 0 aromatic heterocycles. The first-order valence-electron chi connectivity index (χ1n) is 6.48. The Morgan fingerprint density at radius 2 is 1.80 bits per heavy atom. The Kier molecular flexibility index (Phi) is 5.62. The highest BCUT2D eigenvalue weighted by Gasteiger charge is 2.23. The van der Waals surface area contributed by atoms with Gasteiger partial charge in [-0.3, -0.25) is 4.90 Å². The molecule has 2 nitrogen and oxygen atoms in total. The first kappa shape index (κ1) is 13.0. The van der Waals surface area contributed by atoms with Gasteiger partial charge in [0.05, 0.1) is 6.10 Å². The summed E-state index contributed by atoms with van der Waals surface area (Å²) in [6.45, 7) is 11.0. The van der Waals surface area contributed by atoms with Gasteiger partial charge in [0, 0.05) is 25.2 Å². The molecule has 0 aliphatic carbocycles. The molecule has 1 heterocycles. The highest BCUT2D eigenvalue weighted by Crippen LogP contribution is 2.22. The number of nitrogens with zero attached hydrogens (tertiary/aromatic N) is 1. The van der Waals surface area contributed by atoms with Crippen molar-refractivity contribution in [2.45, 2.75) is 71.6 Å². The van der Waals surface area contributed by atoms with Crippen molar-refractivity contribution in [1.29, 1.82) is 0 Å². The van der Waals surface area contributed by atoms with Gasteiger partial charge >= 0.3 is 0 Å². The zero-order valence-electron chi connectivity index (χ0n) is 10.8. The van der Waals surface area contributed by atoms with Gasteiger partial charge in [0.15, 0.2) is 0 Å². The highest BCUT2D eigenvalue weighted by molar-refractivity contribution is 4.79. The van der Waals surface area contributed by atoms with Gasteiger partial charge in [-0.05, 0) is 47.0 Å². The van der Waals surface area contributed by atoms with Crippen molar-refractivity contribution < 1.29 is 4.74 Å². The van der Waals surface area contributed by atoms with Crippen LogP contribution in [0.1, 0.15) is 53.4 Å². The zero-order chi connectivity index (χ0) is 11.3. The Labute approximate surface area is 95.0 Å². The highest BCUT2D eigenvalue weighted by atomic mass is 16.5. The molecule has 1 fully saturated rings. The maximum Gasteiger partial charge on any atom is 0.0518 e. The second-order valence-electron chi connectivity index (χ2n) is 5.14. The minimum absolute atomic E-state index is 0.376. The van der Waals surface area contributed by atoms with Crippen molar-refractivity contribution in [3.8, 4) is 0 Å². The minimum atomic E-state index is 0.376. The van der Waals surface area contributed by atoms with E-state index in [0.29, 0.717) is 6.10 Å². The monoisotopic (exact) mass is 213 g/mol. The van der Waals surface area contributed by atoms with Gasteiger partial charge in [-0.1, -0.05) is 6.42 Å². The van der Waals surface area contributed by atoms with Crippen molar-refractivity contribution in [3.63, 3.8) is 0 Å². The second kappa shape index (κ2) is 6.49. The molecule has 0 aromatic rings.